The van der Waals surface area contributed by atoms with Crippen molar-refractivity contribution in [3.63, 3.8) is 0 Å². The highest BCUT2D eigenvalue weighted by Crippen LogP contribution is 2.17. The van der Waals surface area contributed by atoms with E-state index in [2.05, 4.69) is 4.98 Å². The van der Waals surface area contributed by atoms with Crippen LogP contribution in [0.2, 0.25) is 0 Å². The van der Waals surface area contributed by atoms with Crippen LogP contribution in [0.3, 0.4) is 0 Å². The third-order valence-electron chi connectivity index (χ3n) is 2.41. The van der Waals surface area contributed by atoms with Gasteiger partial charge < -0.3 is 16.4 Å². The maximum atomic E-state index is 7.33. The van der Waals surface area contributed by atoms with Gasteiger partial charge in [0.05, 0.1) is 0 Å². The van der Waals surface area contributed by atoms with E-state index >= 15 is 0 Å². The van der Waals surface area contributed by atoms with E-state index in [9.17, 15) is 0 Å². The average molecular weight is 191 g/mol. The van der Waals surface area contributed by atoms with Gasteiger partial charge in [-0.25, -0.2) is 4.98 Å². The fraction of sp³-hybridized carbons (Fsp3) is 0.333. The van der Waals surface area contributed by atoms with Gasteiger partial charge in [0.15, 0.2) is 5.96 Å². The Hall–Kier alpha value is -1.78. The second-order valence-corrected chi connectivity index (χ2v) is 3.40. The van der Waals surface area contributed by atoms with Gasteiger partial charge in [0.2, 0.25) is 0 Å². The summed E-state index contributed by atoms with van der Waals surface area (Å²) in [7, 11) is 0. The summed E-state index contributed by atoms with van der Waals surface area (Å²) in [6.07, 6.45) is 0.806. The van der Waals surface area contributed by atoms with Crippen LogP contribution < -0.4 is 11.5 Å². The lowest BCUT2D eigenvalue weighted by molar-refractivity contribution is 0.383. The maximum Gasteiger partial charge on any atom is 0.188 e. The highest BCUT2D eigenvalue weighted by molar-refractivity contribution is 5.74. The molecule has 1 aromatic rings. The molecule has 0 saturated carbocycles. The number of hydrogen-bond acceptors (Lipinski definition) is 3. The highest BCUT2D eigenvalue weighted by Gasteiger charge is 2.17. The summed E-state index contributed by atoms with van der Waals surface area (Å²) < 4.78 is 0. The largest absolute Gasteiger partial charge is 0.384 e. The Kier molecular flexibility index (Phi) is 1.99. The third kappa shape index (κ3) is 1.48. The number of guanidine groups is 1. The molecule has 74 valence electrons. The first-order valence-electron chi connectivity index (χ1n) is 4.50. The van der Waals surface area contributed by atoms with Crippen LogP contribution >= 0.6 is 0 Å². The molecule has 2 rings (SSSR count). The summed E-state index contributed by atoms with van der Waals surface area (Å²) in [4.78, 5) is 6.07. The van der Waals surface area contributed by atoms with Crippen LogP contribution in [0.4, 0.5) is 5.82 Å². The summed E-state index contributed by atoms with van der Waals surface area (Å²) in [5.41, 5.74) is 13.1. The molecular weight excluding hydrogens is 178 g/mol. The van der Waals surface area contributed by atoms with Gasteiger partial charge in [0.25, 0.3) is 0 Å². The molecule has 0 aliphatic carbocycles. The molecular formula is C9H13N5. The predicted octanol–water partition coefficient (Wildman–Crippen LogP) is -0.0846. The fourth-order valence-electron chi connectivity index (χ4n) is 1.64. The smallest absolute Gasteiger partial charge is 0.188 e. The molecule has 0 bridgehead atoms. The van der Waals surface area contributed by atoms with Gasteiger partial charge in [-0.3, -0.25) is 5.41 Å². The van der Waals surface area contributed by atoms with Gasteiger partial charge in [-0.1, -0.05) is 6.07 Å². The molecule has 1 aromatic heterocycles. The lowest BCUT2D eigenvalue weighted by Crippen LogP contribution is -2.40. The number of nitrogen functional groups attached to an aromatic ring is 1. The first-order chi connectivity index (χ1) is 6.66. The average Bonchev–Trinajstić information content (AvgIpc) is 2.16. The Morgan fingerprint density at radius 2 is 2.29 bits per heavy atom. The Morgan fingerprint density at radius 3 is 3.00 bits per heavy atom. The van der Waals surface area contributed by atoms with Gasteiger partial charge in [-0.2, -0.15) is 0 Å². The second-order valence-electron chi connectivity index (χ2n) is 3.40. The van der Waals surface area contributed by atoms with Crippen LogP contribution in [0.5, 0.6) is 0 Å². The van der Waals surface area contributed by atoms with Crippen molar-refractivity contribution in [1.29, 1.82) is 5.41 Å². The molecule has 2 heterocycles. The molecule has 5 N–H and O–H groups in total. The van der Waals surface area contributed by atoms with Crippen molar-refractivity contribution in [3.8, 4) is 0 Å². The first kappa shape index (κ1) is 8.80. The summed E-state index contributed by atoms with van der Waals surface area (Å²) in [6.45, 7) is 1.41. The standard InChI is InChI=1S/C9H13N5/c10-8-2-1-6-5-14(9(11)12)4-3-7(6)13-8/h1-2H,3-5H2,(H2,10,13)(H3,11,12). The van der Waals surface area contributed by atoms with Gasteiger partial charge >= 0.3 is 0 Å². The number of hydrogen-bond donors (Lipinski definition) is 3. The van der Waals surface area contributed by atoms with Crippen LogP contribution in [0, 0.1) is 5.41 Å². The number of nitrogens with one attached hydrogen (secondary N) is 1. The van der Waals surface area contributed by atoms with Crippen molar-refractivity contribution >= 4 is 11.8 Å². The number of pyridine rings is 1. The fourth-order valence-corrected chi connectivity index (χ4v) is 1.64. The quantitative estimate of drug-likeness (QED) is 0.395. The molecule has 0 unspecified atom stereocenters. The van der Waals surface area contributed by atoms with Crippen molar-refractivity contribution in [2.45, 2.75) is 13.0 Å². The number of nitrogens with zero attached hydrogens (tertiary/aromatic N) is 2. The second kappa shape index (κ2) is 3.17. The van der Waals surface area contributed by atoms with E-state index in [4.69, 9.17) is 16.9 Å². The van der Waals surface area contributed by atoms with Crippen molar-refractivity contribution < 1.29 is 0 Å². The minimum absolute atomic E-state index is 0.118. The van der Waals surface area contributed by atoms with Crippen LogP contribution in [-0.4, -0.2) is 22.4 Å². The summed E-state index contributed by atoms with van der Waals surface area (Å²) in [6, 6.07) is 3.73. The van der Waals surface area contributed by atoms with E-state index in [1.165, 1.54) is 0 Å². The lowest BCUT2D eigenvalue weighted by Gasteiger charge is -2.28. The zero-order valence-electron chi connectivity index (χ0n) is 7.83. The third-order valence-corrected chi connectivity index (χ3v) is 2.41. The van der Waals surface area contributed by atoms with E-state index in [1.807, 2.05) is 11.0 Å². The van der Waals surface area contributed by atoms with E-state index < -0.39 is 0 Å². The molecule has 14 heavy (non-hydrogen) atoms. The first-order valence-corrected chi connectivity index (χ1v) is 4.50. The lowest BCUT2D eigenvalue weighted by atomic mass is 10.1. The minimum atomic E-state index is 0.118. The molecule has 1 aliphatic rings. The van der Waals surface area contributed by atoms with E-state index in [1.54, 1.807) is 6.07 Å². The molecule has 0 aromatic carbocycles. The van der Waals surface area contributed by atoms with Crippen molar-refractivity contribution in [1.82, 2.24) is 9.88 Å². The van der Waals surface area contributed by atoms with Gasteiger partial charge in [-0.05, 0) is 11.6 Å². The van der Waals surface area contributed by atoms with Crippen LogP contribution in [0.25, 0.3) is 0 Å². The monoisotopic (exact) mass is 191 g/mol. The van der Waals surface area contributed by atoms with Crippen LogP contribution in [-0.2, 0) is 13.0 Å². The zero-order chi connectivity index (χ0) is 10.1. The molecule has 0 fully saturated rings. The Balaban J connectivity index is 2.27. The summed E-state index contributed by atoms with van der Waals surface area (Å²) >= 11 is 0. The molecule has 0 spiro atoms. The summed E-state index contributed by atoms with van der Waals surface area (Å²) in [5.74, 6) is 0.674. The maximum absolute atomic E-state index is 7.33. The molecule has 0 radical (unpaired) electrons. The molecule has 1 aliphatic heterocycles. The van der Waals surface area contributed by atoms with Gasteiger partial charge in [0.1, 0.15) is 5.82 Å². The highest BCUT2D eigenvalue weighted by atomic mass is 15.2. The molecule has 5 nitrogen and oxygen atoms in total. The molecule has 0 atom stereocenters. The Labute approximate surface area is 82.2 Å². The zero-order valence-corrected chi connectivity index (χ0v) is 7.83. The SMILES string of the molecule is N=C(N)N1CCc2nc(N)ccc2C1. The van der Waals surface area contributed by atoms with Crippen molar-refractivity contribution in [3.05, 3.63) is 23.4 Å². The van der Waals surface area contributed by atoms with Crippen LogP contribution in [0.1, 0.15) is 11.3 Å². The number of aromatic nitrogens is 1. The number of fused-ring (bicyclic) bond motifs is 1. The Morgan fingerprint density at radius 1 is 1.50 bits per heavy atom. The van der Waals surface area contributed by atoms with E-state index in [0.717, 1.165) is 24.2 Å². The normalized spacial score (nSPS) is 15.0. The van der Waals surface area contributed by atoms with E-state index in [0.29, 0.717) is 12.4 Å². The molecule has 5 heteroatoms. The number of rotatable bonds is 0. The Bertz CT molecular complexity index is 373. The molecule has 0 amide bonds. The van der Waals surface area contributed by atoms with Crippen molar-refractivity contribution in [2.75, 3.05) is 12.3 Å². The molecule has 0 saturated heterocycles. The van der Waals surface area contributed by atoms with Gasteiger partial charge in [0, 0.05) is 25.2 Å². The van der Waals surface area contributed by atoms with Crippen molar-refractivity contribution in [2.24, 2.45) is 5.73 Å². The topological polar surface area (TPSA) is 92.0 Å². The number of anilines is 1. The minimum Gasteiger partial charge on any atom is -0.384 e. The summed E-state index contributed by atoms with van der Waals surface area (Å²) in [5, 5.41) is 7.33. The van der Waals surface area contributed by atoms with Gasteiger partial charge in [-0.15, -0.1) is 0 Å². The number of nitrogens with two attached hydrogens (primary N) is 2. The predicted molar refractivity (Wildman–Crippen MR) is 54.7 cm³/mol. The van der Waals surface area contributed by atoms with Crippen LogP contribution in [0.15, 0.2) is 12.1 Å². The van der Waals surface area contributed by atoms with E-state index in [-0.39, 0.29) is 5.96 Å².